The Bertz CT molecular complexity index is 161. The maximum atomic E-state index is 11.0. The minimum Gasteiger partial charge on any atom is -0.469 e. The van der Waals surface area contributed by atoms with Gasteiger partial charge < -0.3 is 4.74 Å². The fourth-order valence-electron chi connectivity index (χ4n) is 1.15. The Balaban J connectivity index is 3.42. The summed E-state index contributed by atoms with van der Waals surface area (Å²) < 4.78 is 4.63. The molecule has 13 heavy (non-hydrogen) atoms. The van der Waals surface area contributed by atoms with Gasteiger partial charge >= 0.3 is 5.97 Å². The van der Waals surface area contributed by atoms with Crippen molar-refractivity contribution >= 4 is 5.97 Å². The van der Waals surface area contributed by atoms with Crippen molar-refractivity contribution in [2.75, 3.05) is 7.11 Å². The Hall–Kier alpha value is -0.790. The Labute approximate surface area is 81.0 Å². The van der Waals surface area contributed by atoms with Gasteiger partial charge in [-0.2, -0.15) is 0 Å². The summed E-state index contributed by atoms with van der Waals surface area (Å²) in [5.74, 6) is -0.0560. The van der Waals surface area contributed by atoms with Gasteiger partial charge in [-0.15, -0.1) is 0 Å². The van der Waals surface area contributed by atoms with Crippen LogP contribution in [0.4, 0.5) is 0 Å². The van der Waals surface area contributed by atoms with E-state index in [2.05, 4.69) is 23.8 Å². The van der Waals surface area contributed by atoms with Crippen molar-refractivity contribution in [1.82, 2.24) is 0 Å². The highest BCUT2D eigenvalue weighted by atomic mass is 16.5. The van der Waals surface area contributed by atoms with Crippen LogP contribution in [-0.2, 0) is 9.53 Å². The number of hydrogen-bond acceptors (Lipinski definition) is 2. The van der Waals surface area contributed by atoms with E-state index in [0.717, 1.165) is 25.7 Å². The van der Waals surface area contributed by atoms with E-state index in [1.54, 1.807) is 0 Å². The van der Waals surface area contributed by atoms with E-state index in [1.807, 2.05) is 6.92 Å². The summed E-state index contributed by atoms with van der Waals surface area (Å²) in [5, 5.41) is 0. The van der Waals surface area contributed by atoms with Crippen LogP contribution in [0.25, 0.3) is 0 Å². The molecule has 0 radical (unpaired) electrons. The summed E-state index contributed by atoms with van der Waals surface area (Å²) in [7, 11) is 1.44. The Kier molecular flexibility index (Phi) is 7.36. The van der Waals surface area contributed by atoms with Gasteiger partial charge in [-0.1, -0.05) is 26.0 Å². The molecule has 0 N–H and O–H groups in total. The van der Waals surface area contributed by atoms with Crippen molar-refractivity contribution in [3.05, 3.63) is 12.2 Å². The van der Waals surface area contributed by atoms with Crippen molar-refractivity contribution in [2.24, 2.45) is 5.92 Å². The number of unbranched alkanes of at least 4 members (excludes halogenated alkanes) is 1. The highest BCUT2D eigenvalue weighted by Gasteiger charge is 2.11. The molecule has 2 nitrogen and oxygen atoms in total. The molecule has 76 valence electrons. The lowest BCUT2D eigenvalue weighted by Crippen LogP contribution is -2.12. The average Bonchev–Trinajstić information content (AvgIpc) is 2.16. The maximum absolute atomic E-state index is 11.0. The van der Waals surface area contributed by atoms with E-state index >= 15 is 0 Å². The Morgan fingerprint density at radius 3 is 2.69 bits per heavy atom. The lowest BCUT2D eigenvalue weighted by molar-refractivity contribution is -0.145. The minimum atomic E-state index is -0.0977. The number of hydrogen-bond donors (Lipinski definition) is 0. The SMILES string of the molecule is CC/C=C\CCCC(C)C(=O)OC. The van der Waals surface area contributed by atoms with Crippen molar-refractivity contribution < 1.29 is 9.53 Å². The van der Waals surface area contributed by atoms with Crippen molar-refractivity contribution in [3.8, 4) is 0 Å². The van der Waals surface area contributed by atoms with E-state index in [4.69, 9.17) is 0 Å². The maximum Gasteiger partial charge on any atom is 0.308 e. The molecule has 0 saturated carbocycles. The third kappa shape index (κ3) is 6.38. The van der Waals surface area contributed by atoms with E-state index in [9.17, 15) is 4.79 Å². The van der Waals surface area contributed by atoms with Gasteiger partial charge in [0.15, 0.2) is 0 Å². The Morgan fingerprint density at radius 1 is 1.46 bits per heavy atom. The predicted molar refractivity (Wildman–Crippen MR) is 54.5 cm³/mol. The van der Waals surface area contributed by atoms with Crippen molar-refractivity contribution in [2.45, 2.75) is 39.5 Å². The van der Waals surface area contributed by atoms with Crippen LogP contribution >= 0.6 is 0 Å². The first-order valence-electron chi connectivity index (χ1n) is 4.95. The zero-order chi connectivity index (χ0) is 10.1. The summed E-state index contributed by atoms with van der Waals surface area (Å²) in [6.45, 7) is 4.03. The van der Waals surface area contributed by atoms with Crippen LogP contribution in [-0.4, -0.2) is 13.1 Å². The van der Waals surface area contributed by atoms with Gasteiger partial charge in [-0.3, -0.25) is 4.79 Å². The number of allylic oxidation sites excluding steroid dienone is 2. The van der Waals surface area contributed by atoms with E-state index in [0.29, 0.717) is 0 Å². The van der Waals surface area contributed by atoms with Crippen LogP contribution in [0.2, 0.25) is 0 Å². The van der Waals surface area contributed by atoms with Gasteiger partial charge in [0.2, 0.25) is 0 Å². The first-order valence-corrected chi connectivity index (χ1v) is 4.95. The molecule has 0 amide bonds. The van der Waals surface area contributed by atoms with Gasteiger partial charge in [-0.05, 0) is 25.7 Å². The second-order valence-electron chi connectivity index (χ2n) is 3.23. The zero-order valence-electron chi connectivity index (χ0n) is 8.88. The monoisotopic (exact) mass is 184 g/mol. The van der Waals surface area contributed by atoms with Gasteiger partial charge in [0, 0.05) is 0 Å². The topological polar surface area (TPSA) is 26.3 Å². The molecule has 0 bridgehead atoms. The number of methoxy groups -OCH3 is 1. The van der Waals surface area contributed by atoms with Crippen LogP contribution in [0.3, 0.4) is 0 Å². The fourth-order valence-corrected chi connectivity index (χ4v) is 1.15. The molecule has 1 atom stereocenters. The normalized spacial score (nSPS) is 13.2. The van der Waals surface area contributed by atoms with Gasteiger partial charge in [0.1, 0.15) is 0 Å². The van der Waals surface area contributed by atoms with Crippen LogP contribution in [0.15, 0.2) is 12.2 Å². The summed E-state index contributed by atoms with van der Waals surface area (Å²) in [4.78, 5) is 11.0. The van der Waals surface area contributed by atoms with E-state index in [-0.39, 0.29) is 11.9 Å². The molecular weight excluding hydrogens is 164 g/mol. The van der Waals surface area contributed by atoms with Crippen molar-refractivity contribution in [1.29, 1.82) is 0 Å². The second-order valence-corrected chi connectivity index (χ2v) is 3.23. The quantitative estimate of drug-likeness (QED) is 0.360. The molecule has 0 aromatic heterocycles. The first kappa shape index (κ1) is 12.2. The molecule has 0 rings (SSSR count). The molecule has 0 aliphatic carbocycles. The number of carbonyl (C=O) groups excluding carboxylic acids is 1. The minimum absolute atomic E-state index is 0.0417. The molecule has 0 spiro atoms. The van der Waals surface area contributed by atoms with Crippen LogP contribution in [0.1, 0.15) is 39.5 Å². The molecule has 0 aromatic rings. The number of ether oxygens (including phenoxy) is 1. The fraction of sp³-hybridized carbons (Fsp3) is 0.727. The standard InChI is InChI=1S/C11H20O2/c1-4-5-6-7-8-9-10(2)11(12)13-3/h5-6,10H,4,7-9H2,1-3H3/b6-5-. The second kappa shape index (κ2) is 7.84. The van der Waals surface area contributed by atoms with Gasteiger partial charge in [0.05, 0.1) is 13.0 Å². The molecule has 0 aliphatic heterocycles. The van der Waals surface area contributed by atoms with Gasteiger partial charge in [-0.25, -0.2) is 0 Å². The summed E-state index contributed by atoms with van der Waals surface area (Å²) in [6.07, 6.45) is 8.46. The van der Waals surface area contributed by atoms with Crippen LogP contribution in [0.5, 0.6) is 0 Å². The number of esters is 1. The summed E-state index contributed by atoms with van der Waals surface area (Å²) in [5.41, 5.74) is 0. The lowest BCUT2D eigenvalue weighted by atomic mass is 10.0. The van der Waals surface area contributed by atoms with Crippen LogP contribution < -0.4 is 0 Å². The summed E-state index contributed by atoms with van der Waals surface area (Å²) >= 11 is 0. The molecule has 0 fully saturated rings. The number of rotatable bonds is 6. The highest BCUT2D eigenvalue weighted by molar-refractivity contribution is 5.71. The van der Waals surface area contributed by atoms with E-state index in [1.165, 1.54) is 7.11 Å². The molecule has 2 heteroatoms. The smallest absolute Gasteiger partial charge is 0.308 e. The number of carbonyl (C=O) groups is 1. The van der Waals surface area contributed by atoms with Gasteiger partial charge in [0.25, 0.3) is 0 Å². The Morgan fingerprint density at radius 2 is 2.15 bits per heavy atom. The molecule has 0 heterocycles. The first-order chi connectivity index (χ1) is 6.22. The largest absolute Gasteiger partial charge is 0.469 e. The molecular formula is C11H20O2. The molecule has 1 unspecified atom stereocenters. The molecule has 0 aromatic carbocycles. The van der Waals surface area contributed by atoms with Crippen LogP contribution in [0, 0.1) is 5.92 Å². The highest BCUT2D eigenvalue weighted by Crippen LogP contribution is 2.09. The van der Waals surface area contributed by atoms with Crippen molar-refractivity contribution in [3.63, 3.8) is 0 Å². The zero-order valence-corrected chi connectivity index (χ0v) is 8.88. The third-order valence-corrected chi connectivity index (χ3v) is 2.01. The third-order valence-electron chi connectivity index (χ3n) is 2.01. The molecule has 0 saturated heterocycles. The molecule has 0 aliphatic rings. The summed E-state index contributed by atoms with van der Waals surface area (Å²) in [6, 6.07) is 0. The average molecular weight is 184 g/mol. The van der Waals surface area contributed by atoms with E-state index < -0.39 is 0 Å². The lowest BCUT2D eigenvalue weighted by Gasteiger charge is -2.06. The predicted octanol–water partition coefficient (Wildman–Crippen LogP) is 2.93.